The Morgan fingerprint density at radius 3 is 2.61 bits per heavy atom. The van der Waals surface area contributed by atoms with Crippen molar-refractivity contribution in [1.82, 2.24) is 15.1 Å². The highest BCUT2D eigenvalue weighted by atomic mass is 35.5. The molecule has 142 valence electrons. The molecule has 1 aliphatic heterocycles. The van der Waals surface area contributed by atoms with E-state index in [1.807, 2.05) is 55.6 Å². The Kier molecular flexibility index (Phi) is 5.12. The summed E-state index contributed by atoms with van der Waals surface area (Å²) in [5.41, 5.74) is 3.48. The Balaban J connectivity index is 1.50. The summed E-state index contributed by atoms with van der Waals surface area (Å²) in [7, 11) is 1.85. The van der Waals surface area contributed by atoms with Crippen LogP contribution < -0.4 is 5.32 Å². The number of carbonyl (C=O) groups is 1. The third kappa shape index (κ3) is 3.77. The molecule has 0 fully saturated rings. The van der Waals surface area contributed by atoms with Crippen LogP contribution in [0.4, 0.5) is 0 Å². The van der Waals surface area contributed by atoms with E-state index in [4.69, 9.17) is 16.4 Å². The van der Waals surface area contributed by atoms with Gasteiger partial charge >= 0.3 is 0 Å². The van der Waals surface area contributed by atoms with Crippen LogP contribution in [-0.4, -0.2) is 27.5 Å². The van der Waals surface area contributed by atoms with E-state index in [2.05, 4.69) is 15.6 Å². The number of nitrogens with one attached hydrogen (secondary N) is 1. The van der Waals surface area contributed by atoms with E-state index in [0.717, 1.165) is 22.5 Å². The summed E-state index contributed by atoms with van der Waals surface area (Å²) < 4.78 is 1.75. The minimum Gasteiger partial charge on any atom is -0.382 e. The quantitative estimate of drug-likeness (QED) is 0.720. The molecule has 6 nitrogen and oxygen atoms in total. The van der Waals surface area contributed by atoms with E-state index < -0.39 is 6.10 Å². The predicted molar refractivity (Wildman–Crippen MR) is 107 cm³/mol. The van der Waals surface area contributed by atoms with Gasteiger partial charge in [0.2, 0.25) is 6.10 Å². The van der Waals surface area contributed by atoms with Gasteiger partial charge in [0.05, 0.1) is 17.4 Å². The van der Waals surface area contributed by atoms with E-state index in [1.165, 1.54) is 0 Å². The molecule has 0 saturated heterocycles. The highest BCUT2D eigenvalue weighted by Gasteiger charge is 2.31. The molecule has 0 unspecified atom stereocenters. The van der Waals surface area contributed by atoms with Crippen LogP contribution in [0.5, 0.6) is 0 Å². The Morgan fingerprint density at radius 2 is 1.93 bits per heavy atom. The molecule has 2 atom stereocenters. The van der Waals surface area contributed by atoms with Gasteiger partial charge in [-0.1, -0.05) is 59.2 Å². The van der Waals surface area contributed by atoms with E-state index in [0.29, 0.717) is 11.4 Å². The van der Waals surface area contributed by atoms with Gasteiger partial charge in [-0.3, -0.25) is 9.48 Å². The molecule has 1 N–H and O–H groups in total. The van der Waals surface area contributed by atoms with Crippen LogP contribution in [0.15, 0.2) is 72.0 Å². The lowest BCUT2D eigenvalue weighted by atomic mass is 10.0. The monoisotopic (exact) mass is 394 g/mol. The zero-order valence-electron chi connectivity index (χ0n) is 15.2. The van der Waals surface area contributed by atoms with Crippen LogP contribution in [0.3, 0.4) is 0 Å². The molecule has 2 heterocycles. The lowest BCUT2D eigenvalue weighted by Crippen LogP contribution is -2.38. The highest BCUT2D eigenvalue weighted by molar-refractivity contribution is 6.30. The lowest BCUT2D eigenvalue weighted by molar-refractivity contribution is -0.131. The van der Waals surface area contributed by atoms with Gasteiger partial charge in [0.1, 0.15) is 0 Å². The van der Waals surface area contributed by atoms with Gasteiger partial charge in [0.15, 0.2) is 0 Å². The van der Waals surface area contributed by atoms with Crippen LogP contribution >= 0.6 is 11.6 Å². The second-order valence-electron chi connectivity index (χ2n) is 6.58. The van der Waals surface area contributed by atoms with Gasteiger partial charge in [-0.2, -0.15) is 5.10 Å². The zero-order valence-corrected chi connectivity index (χ0v) is 16.0. The summed E-state index contributed by atoms with van der Waals surface area (Å²) >= 11 is 5.93. The number of hydrogen-bond donors (Lipinski definition) is 1. The first kappa shape index (κ1) is 18.3. The average Bonchev–Trinajstić information content (AvgIpc) is 3.37. The van der Waals surface area contributed by atoms with Crippen LogP contribution in [0, 0.1) is 0 Å². The first-order valence-electron chi connectivity index (χ1n) is 8.93. The molecule has 0 bridgehead atoms. The summed E-state index contributed by atoms with van der Waals surface area (Å²) in [6, 6.07) is 18.7. The number of amides is 1. The van der Waals surface area contributed by atoms with Gasteiger partial charge < -0.3 is 10.2 Å². The molecule has 1 amide bonds. The van der Waals surface area contributed by atoms with Crippen LogP contribution in [0.1, 0.15) is 29.3 Å². The van der Waals surface area contributed by atoms with Crippen LogP contribution in [0.25, 0.3) is 0 Å². The van der Waals surface area contributed by atoms with Crippen molar-refractivity contribution in [1.29, 1.82) is 0 Å². The molecule has 0 saturated carbocycles. The molecule has 2 aromatic carbocycles. The Bertz CT molecular complexity index is 999. The summed E-state index contributed by atoms with van der Waals surface area (Å²) in [6.45, 7) is 0. The number of halogens is 1. The van der Waals surface area contributed by atoms with Crippen LogP contribution in [-0.2, 0) is 16.7 Å². The number of carbonyl (C=O) groups excluding carboxylic acids is 1. The van der Waals surface area contributed by atoms with Gasteiger partial charge in [0.25, 0.3) is 5.91 Å². The Hall–Kier alpha value is -3.12. The third-order valence-corrected chi connectivity index (χ3v) is 4.96. The van der Waals surface area contributed by atoms with E-state index in [9.17, 15) is 4.79 Å². The average molecular weight is 395 g/mol. The Morgan fingerprint density at radius 1 is 1.18 bits per heavy atom. The number of aryl methyl sites for hydroxylation is 1. The molecule has 0 aliphatic carbocycles. The fourth-order valence-corrected chi connectivity index (χ4v) is 3.33. The maximum absolute atomic E-state index is 12.9. The molecule has 3 aromatic rings. The molecule has 0 spiro atoms. The number of nitrogens with zero attached hydrogens (tertiary/aromatic N) is 3. The maximum atomic E-state index is 12.9. The smallest absolute Gasteiger partial charge is 0.265 e. The highest BCUT2D eigenvalue weighted by Crippen LogP contribution is 2.24. The lowest BCUT2D eigenvalue weighted by Gasteiger charge is -2.21. The molecular formula is C21H19ClN4O2. The van der Waals surface area contributed by atoms with Crippen molar-refractivity contribution in [2.45, 2.75) is 18.6 Å². The fourth-order valence-electron chi connectivity index (χ4n) is 3.21. The first-order chi connectivity index (χ1) is 13.6. The number of oxime groups is 1. The summed E-state index contributed by atoms with van der Waals surface area (Å²) in [4.78, 5) is 18.3. The van der Waals surface area contributed by atoms with E-state index >= 15 is 0 Å². The topological polar surface area (TPSA) is 68.5 Å². The molecule has 4 rings (SSSR count). The van der Waals surface area contributed by atoms with Gasteiger partial charge in [0, 0.05) is 24.7 Å². The number of hydrogen-bond acceptors (Lipinski definition) is 4. The Labute approximate surface area is 167 Å². The van der Waals surface area contributed by atoms with Gasteiger partial charge in [-0.05, 0) is 29.3 Å². The van der Waals surface area contributed by atoms with Crippen molar-refractivity contribution in [3.05, 3.63) is 88.7 Å². The second kappa shape index (κ2) is 7.86. The largest absolute Gasteiger partial charge is 0.382 e. The van der Waals surface area contributed by atoms with Gasteiger partial charge in [-0.15, -0.1) is 0 Å². The van der Waals surface area contributed by atoms with Crippen molar-refractivity contribution in [3.63, 3.8) is 0 Å². The van der Waals surface area contributed by atoms with E-state index in [1.54, 1.807) is 23.0 Å². The maximum Gasteiger partial charge on any atom is 0.265 e. The molecule has 7 heteroatoms. The minimum absolute atomic E-state index is 0.220. The molecular weight excluding hydrogens is 376 g/mol. The standard InChI is InChI=1S/C21H19ClN4O2/c1-26-18(11-12-23-26)20(15-5-3-2-4-6-15)24-21(27)19-13-17(25-28-19)14-7-9-16(22)10-8-14/h2-12,19-20H,13H2,1H3,(H,24,27)/t19-,20-/m1/s1. The second-order valence-corrected chi connectivity index (χ2v) is 7.01. The van der Waals surface area contributed by atoms with Gasteiger partial charge in [-0.25, -0.2) is 0 Å². The molecule has 28 heavy (non-hydrogen) atoms. The summed E-state index contributed by atoms with van der Waals surface area (Å²) in [6.07, 6.45) is 1.44. The summed E-state index contributed by atoms with van der Waals surface area (Å²) in [5.74, 6) is -0.220. The fraction of sp³-hybridized carbons (Fsp3) is 0.190. The molecule has 1 aliphatic rings. The minimum atomic E-state index is -0.676. The van der Waals surface area contributed by atoms with Crippen molar-refractivity contribution < 1.29 is 9.63 Å². The van der Waals surface area contributed by atoms with Crippen LogP contribution in [0.2, 0.25) is 5.02 Å². The predicted octanol–water partition coefficient (Wildman–Crippen LogP) is 3.47. The number of aromatic nitrogens is 2. The SMILES string of the molecule is Cn1nccc1[C@H](NC(=O)[C@H]1CC(c2ccc(Cl)cc2)=NO1)c1ccccc1. The van der Waals surface area contributed by atoms with Crippen molar-refractivity contribution >= 4 is 23.2 Å². The van der Waals surface area contributed by atoms with Crippen molar-refractivity contribution in [2.75, 3.05) is 0 Å². The molecule has 1 aromatic heterocycles. The van der Waals surface area contributed by atoms with Crippen molar-refractivity contribution in [3.8, 4) is 0 Å². The third-order valence-electron chi connectivity index (χ3n) is 4.71. The molecule has 0 radical (unpaired) electrons. The normalized spacial score (nSPS) is 16.9. The first-order valence-corrected chi connectivity index (χ1v) is 9.31. The zero-order chi connectivity index (χ0) is 19.5. The number of rotatable bonds is 5. The van der Waals surface area contributed by atoms with E-state index in [-0.39, 0.29) is 11.9 Å². The number of benzene rings is 2. The summed E-state index contributed by atoms with van der Waals surface area (Å²) in [5, 5.41) is 12.1. The van der Waals surface area contributed by atoms with Crippen molar-refractivity contribution in [2.24, 2.45) is 12.2 Å².